The van der Waals surface area contributed by atoms with E-state index >= 15 is 0 Å². The highest BCUT2D eigenvalue weighted by Crippen LogP contribution is 2.48. The number of ether oxygens (including phenoxy) is 3. The zero-order valence-corrected chi connectivity index (χ0v) is 55.8. The number of alkyl halides is 3. The van der Waals surface area contributed by atoms with Crippen LogP contribution in [0.15, 0.2) is 109 Å². The number of nitrogens with one attached hydrogen (secondary N) is 2. The summed E-state index contributed by atoms with van der Waals surface area (Å²) in [5, 5.41) is 7.36. The number of carbonyl (C=O) groups excluding carboxylic acids is 3. The van der Waals surface area contributed by atoms with Crippen LogP contribution in [0.3, 0.4) is 0 Å². The number of allylic oxidation sites excluding steroid dienone is 2. The molecule has 1 aliphatic carbocycles. The fourth-order valence-electron chi connectivity index (χ4n) is 8.98. The zero-order chi connectivity index (χ0) is 62.0. The van der Waals surface area contributed by atoms with Gasteiger partial charge in [0.1, 0.15) is 24.6 Å². The van der Waals surface area contributed by atoms with E-state index in [-0.39, 0.29) is 83.0 Å². The molecule has 458 valence electrons. The van der Waals surface area contributed by atoms with Crippen LogP contribution in [-0.4, -0.2) is 85.0 Å². The Kier molecular flexibility index (Phi) is 23.1. The Hall–Kier alpha value is -5.12. The fourth-order valence-corrected chi connectivity index (χ4v) is 13.0. The zero-order valence-electron chi connectivity index (χ0n) is 52.8. The van der Waals surface area contributed by atoms with E-state index in [1.54, 1.807) is 51.4 Å². The number of halogens is 3. The van der Waals surface area contributed by atoms with Gasteiger partial charge in [0, 0.05) is 42.4 Å². The average Bonchev–Trinajstić information content (AvgIpc) is 3.31. The van der Waals surface area contributed by atoms with E-state index in [4.69, 9.17) is 27.5 Å². The van der Waals surface area contributed by atoms with Crippen molar-refractivity contribution in [3.63, 3.8) is 0 Å². The summed E-state index contributed by atoms with van der Waals surface area (Å²) in [4.78, 5) is 43.8. The summed E-state index contributed by atoms with van der Waals surface area (Å²) < 4.78 is 80.3. The molecule has 0 spiro atoms. The van der Waals surface area contributed by atoms with Crippen molar-refractivity contribution >= 4 is 59.4 Å². The molecule has 1 saturated carbocycles. The third-order valence-corrected chi connectivity index (χ3v) is 30.4. The molecule has 2 unspecified atom stereocenters. The van der Waals surface area contributed by atoms with Gasteiger partial charge in [-0.3, -0.25) is 14.6 Å². The minimum Gasteiger partial charge on any atom is -0.491 e. The molecule has 4 aromatic rings. The van der Waals surface area contributed by atoms with Crippen LogP contribution in [0.2, 0.25) is 54.4 Å². The molecule has 18 heteroatoms. The van der Waals surface area contributed by atoms with Crippen molar-refractivity contribution in [2.75, 3.05) is 18.5 Å². The number of carbonyl (C=O) groups is 3. The van der Waals surface area contributed by atoms with E-state index in [0.29, 0.717) is 36.9 Å². The smallest absolute Gasteiger partial charge is 0.416 e. The molecule has 1 aliphatic rings. The number of nitrogens with zero attached hydrogens (tertiary/aromatic N) is 1. The second-order valence-corrected chi connectivity index (χ2v) is 42.1. The highest BCUT2D eigenvalue weighted by atomic mass is 28.4. The van der Waals surface area contributed by atoms with Crippen LogP contribution in [0.5, 0.6) is 5.75 Å². The van der Waals surface area contributed by atoms with Crippen molar-refractivity contribution in [2.45, 2.75) is 212 Å². The predicted molar refractivity (Wildman–Crippen MR) is 335 cm³/mol. The van der Waals surface area contributed by atoms with Gasteiger partial charge in [0.15, 0.2) is 25.0 Å². The molecule has 2 amide bonds. The minimum atomic E-state index is -4.51. The maximum atomic E-state index is 13.8. The summed E-state index contributed by atoms with van der Waals surface area (Å²) >= 11 is 0. The largest absolute Gasteiger partial charge is 0.491 e. The second kappa shape index (κ2) is 27.9. The molecule has 2 N–H and O–H groups in total. The monoisotopic (exact) mass is 1200 g/mol. The van der Waals surface area contributed by atoms with Gasteiger partial charge in [-0.2, -0.15) is 13.2 Å². The second-order valence-electron chi connectivity index (χ2n) is 27.8. The molecule has 0 radical (unpaired) electrons. The predicted octanol–water partition coefficient (Wildman–Crippen LogP) is 17.1. The third-order valence-electron chi connectivity index (χ3n) is 16.9. The van der Waals surface area contributed by atoms with Crippen molar-refractivity contribution in [3.05, 3.63) is 126 Å². The van der Waals surface area contributed by atoms with Gasteiger partial charge < -0.3 is 38.1 Å². The number of rotatable bonds is 24. The summed E-state index contributed by atoms with van der Waals surface area (Å²) in [6.45, 7) is 38.8. The summed E-state index contributed by atoms with van der Waals surface area (Å²) in [6.07, 6.45) is 8.94. The number of hydrogen-bond acceptors (Lipinski definition) is 10. The van der Waals surface area contributed by atoms with Crippen molar-refractivity contribution in [1.29, 1.82) is 0 Å². The maximum absolute atomic E-state index is 13.8. The highest BCUT2D eigenvalue weighted by Gasteiger charge is 2.51. The van der Waals surface area contributed by atoms with Crippen LogP contribution >= 0.6 is 0 Å². The number of hydrogen-bond donors (Lipinski definition) is 2. The van der Waals surface area contributed by atoms with E-state index in [2.05, 4.69) is 142 Å². The normalized spacial score (nSPS) is 18.6. The topological polar surface area (TPSA) is 144 Å². The molecule has 6 atom stereocenters. The molecule has 0 aliphatic heterocycles. The Morgan fingerprint density at radius 3 is 2.00 bits per heavy atom. The number of amides is 2. The van der Waals surface area contributed by atoms with Crippen molar-refractivity contribution in [1.82, 2.24) is 10.3 Å². The summed E-state index contributed by atoms with van der Waals surface area (Å²) in [5.41, 5.74) is 0.516. The molecule has 1 aromatic heterocycles. The van der Waals surface area contributed by atoms with Gasteiger partial charge in [-0.1, -0.05) is 123 Å². The first-order chi connectivity index (χ1) is 38.2. The summed E-state index contributed by atoms with van der Waals surface area (Å²) in [7, 11) is -7.01. The van der Waals surface area contributed by atoms with Crippen LogP contribution in [0.25, 0.3) is 10.8 Å². The Balaban J connectivity index is 1.30. The van der Waals surface area contributed by atoms with Crippen LogP contribution in [0.4, 0.5) is 23.7 Å². The molecule has 5 rings (SSSR count). The number of aromatic nitrogens is 1. The van der Waals surface area contributed by atoms with Gasteiger partial charge in [-0.05, 0) is 160 Å². The van der Waals surface area contributed by atoms with Gasteiger partial charge in [0.25, 0.3) is 0 Å². The Bertz CT molecular complexity index is 2850. The van der Waals surface area contributed by atoms with E-state index < -0.39 is 60.4 Å². The first kappa shape index (κ1) is 68.7. The molecular weight excluding hydrogens is 1110 g/mol. The minimum absolute atomic E-state index is 0.0163. The van der Waals surface area contributed by atoms with Crippen molar-refractivity contribution < 1.29 is 55.0 Å². The molecule has 12 nitrogen and oxygen atoms in total. The Labute approximate surface area is 496 Å². The lowest BCUT2D eigenvalue weighted by Gasteiger charge is -2.40. The lowest BCUT2D eigenvalue weighted by atomic mass is 9.89. The van der Waals surface area contributed by atoms with Gasteiger partial charge >= 0.3 is 18.2 Å². The maximum Gasteiger partial charge on any atom is 0.416 e. The molecular formula is C65H96F3N3O9Si3. The molecule has 1 fully saturated rings. The summed E-state index contributed by atoms with van der Waals surface area (Å²) in [6, 6.07) is 19.6. The lowest BCUT2D eigenvalue weighted by Crippen LogP contribution is -2.45. The van der Waals surface area contributed by atoms with E-state index in [9.17, 15) is 27.6 Å². The quantitative estimate of drug-likeness (QED) is 0.0301. The lowest BCUT2D eigenvalue weighted by molar-refractivity contribution is -0.145. The van der Waals surface area contributed by atoms with Gasteiger partial charge in [0.05, 0.1) is 29.8 Å². The number of esters is 1. The third kappa shape index (κ3) is 20.5. The number of benzene rings is 3. The van der Waals surface area contributed by atoms with Crippen molar-refractivity contribution in [3.8, 4) is 5.75 Å². The number of unbranched alkanes of at least 4 members (excludes halogenated alkanes) is 1. The van der Waals surface area contributed by atoms with Crippen LogP contribution in [-0.2, 0) is 45.1 Å². The average molecular weight is 1200 g/mol. The van der Waals surface area contributed by atoms with Gasteiger partial charge in [-0.25, -0.2) is 4.79 Å². The highest BCUT2D eigenvalue weighted by molar-refractivity contribution is 6.75. The number of anilines is 1. The first-order valence-electron chi connectivity index (χ1n) is 29.3. The van der Waals surface area contributed by atoms with E-state index in [0.717, 1.165) is 28.5 Å². The SMILES string of the molecule is CC(C)(C)OC(=O)NCC(C(=O)Nc1ccc2cnccc2c1)c1ccc(COC(=O)CCCC=CC[C@@H]2[C@@H](C=CC(COc3cccc(C(F)(F)F)c3)O[Si](C)(C)C(C)(C)C)[C@H](O[Si](C)(C)C(C)(C)C)C[C@@H]2O[Si](C)(C)C(C)(C)C)cc1. The van der Waals surface area contributed by atoms with Crippen LogP contribution < -0.4 is 15.4 Å². The van der Waals surface area contributed by atoms with Crippen molar-refractivity contribution in [2.24, 2.45) is 11.8 Å². The number of fused-ring (bicyclic) bond motifs is 1. The first-order valence-corrected chi connectivity index (χ1v) is 38.0. The van der Waals surface area contributed by atoms with E-state index in [1.165, 1.54) is 6.07 Å². The standard InChI is InChI=1S/C65H96F3N3O9Si3/c1-61(2,3)77-60(74)70-42-55(59(73)71-50-33-32-48-41-69-37-36-47(48)38-50)46-30-28-45(29-31-46)43-76-58(72)27-22-20-19-21-26-53-54(57(80-83(17,18)64(10,11)12)40-56(53)79-82(15,16)63(7,8)9)35-34-52(78-81(13,14)62(4,5)6)44-75-51-25-23-24-49(39-51)65(66,67)68/h19,21,23-25,28-39,41,52-57H,20,22,26-27,40,42-44H2,1-18H3,(H,70,74)(H,71,73)/t52?,53-,54-,55?,56+,57-/m1/s1. The summed E-state index contributed by atoms with van der Waals surface area (Å²) in [5.74, 6) is -1.35. The molecule has 83 heavy (non-hydrogen) atoms. The van der Waals surface area contributed by atoms with E-state index in [1.807, 2.05) is 36.4 Å². The Morgan fingerprint density at radius 1 is 0.747 bits per heavy atom. The fraction of sp³-hybridized carbons (Fsp3) is 0.569. The molecule has 1 heterocycles. The number of alkyl carbamates (subject to hydrolysis) is 1. The molecule has 0 bridgehead atoms. The molecule has 0 saturated heterocycles. The number of pyridine rings is 1. The van der Waals surface area contributed by atoms with Gasteiger partial charge in [0.2, 0.25) is 5.91 Å². The van der Waals surface area contributed by atoms with Gasteiger partial charge in [-0.15, -0.1) is 0 Å². The van der Waals surface area contributed by atoms with Crippen LogP contribution in [0, 0.1) is 11.8 Å². The van der Waals surface area contributed by atoms with Crippen LogP contribution in [0.1, 0.15) is 138 Å². The molecule has 3 aromatic carbocycles. The Morgan fingerprint density at radius 2 is 1.39 bits per heavy atom.